The molecule has 46 heavy (non-hydrogen) atoms. The van der Waals surface area contributed by atoms with Gasteiger partial charge in [0.05, 0.1) is 12.2 Å². The number of aromatic amines is 1. The van der Waals surface area contributed by atoms with E-state index in [1.807, 2.05) is 4.98 Å². The van der Waals surface area contributed by atoms with Gasteiger partial charge in [0, 0.05) is 12.8 Å². The van der Waals surface area contributed by atoms with E-state index >= 15 is 0 Å². The van der Waals surface area contributed by atoms with E-state index in [1.54, 1.807) is 0 Å². The number of nitrogens with one attached hydrogen (secondary N) is 1. The Labute approximate surface area is 272 Å². The lowest BCUT2D eigenvalue weighted by Crippen LogP contribution is -2.62. The summed E-state index contributed by atoms with van der Waals surface area (Å²) in [5.74, 6) is -2.30. The highest BCUT2D eigenvalue weighted by Gasteiger charge is 2.47. The molecule has 1 aliphatic heterocycles. The summed E-state index contributed by atoms with van der Waals surface area (Å²) in [6.07, 6.45) is 15.1. The van der Waals surface area contributed by atoms with E-state index in [0.717, 1.165) is 43.1 Å². The van der Waals surface area contributed by atoms with Gasteiger partial charge < -0.3 is 25.1 Å². The molecule has 2 rings (SSSR count). The lowest BCUT2D eigenvalue weighted by Gasteiger charge is -2.42. The van der Waals surface area contributed by atoms with Gasteiger partial charge in [-0.2, -0.15) is 4.39 Å². The number of nitrogens with two attached hydrogens (primary N) is 1. The minimum Gasteiger partial charge on any atom is -0.463 e. The smallest absolute Gasteiger partial charge is 0.330 e. The summed E-state index contributed by atoms with van der Waals surface area (Å²) in [5, 5.41) is 11.1. The largest absolute Gasteiger partial charge is 0.463 e. The molecule has 1 saturated heterocycles. The van der Waals surface area contributed by atoms with Crippen molar-refractivity contribution in [1.29, 1.82) is 0 Å². The highest BCUT2D eigenvalue weighted by atomic mass is 19.1. The van der Waals surface area contributed by atoms with Crippen LogP contribution in [0.2, 0.25) is 0 Å². The molecule has 1 aromatic heterocycles. The van der Waals surface area contributed by atoms with Crippen LogP contribution in [0, 0.1) is 5.82 Å². The molecule has 5 unspecified atom stereocenters. The summed E-state index contributed by atoms with van der Waals surface area (Å²) in [7, 11) is 0. The second-order valence-corrected chi connectivity index (χ2v) is 12.6. The Morgan fingerprint density at radius 2 is 1.33 bits per heavy atom. The van der Waals surface area contributed by atoms with Crippen molar-refractivity contribution in [2.24, 2.45) is 5.73 Å². The van der Waals surface area contributed by atoms with E-state index in [-0.39, 0.29) is 12.8 Å². The van der Waals surface area contributed by atoms with E-state index < -0.39 is 66.2 Å². The first-order valence-electron chi connectivity index (χ1n) is 17.6. The molecule has 1 aromatic rings. The Morgan fingerprint density at radius 1 is 0.848 bits per heavy atom. The number of aromatic nitrogens is 2. The summed E-state index contributed by atoms with van der Waals surface area (Å²) in [6.45, 7) is 3.98. The fourth-order valence-electron chi connectivity index (χ4n) is 5.76. The van der Waals surface area contributed by atoms with Crippen LogP contribution in [0.1, 0.15) is 148 Å². The number of H-pyrrole nitrogens is 1. The summed E-state index contributed by atoms with van der Waals surface area (Å²) in [6, 6.07) is -1.29. The molecule has 11 nitrogen and oxygen atoms in total. The second kappa shape index (κ2) is 22.9. The van der Waals surface area contributed by atoms with Gasteiger partial charge in [0.1, 0.15) is 24.9 Å². The van der Waals surface area contributed by atoms with Gasteiger partial charge in [0.2, 0.25) is 5.82 Å². The zero-order valence-electron chi connectivity index (χ0n) is 28.0. The summed E-state index contributed by atoms with van der Waals surface area (Å²) >= 11 is 0. The first-order chi connectivity index (χ1) is 22.2. The van der Waals surface area contributed by atoms with E-state index in [2.05, 4.69) is 13.8 Å². The van der Waals surface area contributed by atoms with Gasteiger partial charge in [0.25, 0.3) is 5.56 Å². The molecule has 12 heteroatoms. The Hall–Kier alpha value is -2.57. The number of esters is 2. The number of hydrogen-bond acceptors (Lipinski definition) is 9. The summed E-state index contributed by atoms with van der Waals surface area (Å²) < 4.78 is 31.7. The van der Waals surface area contributed by atoms with Crippen LogP contribution in [-0.4, -0.2) is 57.6 Å². The fourth-order valence-corrected chi connectivity index (χ4v) is 5.76. The number of halogens is 1. The van der Waals surface area contributed by atoms with Crippen molar-refractivity contribution in [2.75, 3.05) is 6.61 Å². The van der Waals surface area contributed by atoms with Crippen LogP contribution in [0.4, 0.5) is 4.39 Å². The van der Waals surface area contributed by atoms with E-state index in [9.17, 15) is 28.7 Å². The predicted octanol–water partition coefficient (Wildman–Crippen LogP) is 5.56. The molecule has 1 aliphatic rings. The van der Waals surface area contributed by atoms with Crippen LogP contribution in [0.3, 0.4) is 0 Å². The lowest BCUT2D eigenvalue weighted by atomic mass is 9.96. The average Bonchev–Trinajstić information content (AvgIpc) is 3.03. The summed E-state index contributed by atoms with van der Waals surface area (Å²) in [5.41, 5.74) is 4.10. The van der Waals surface area contributed by atoms with Crippen LogP contribution in [-0.2, 0) is 23.8 Å². The van der Waals surface area contributed by atoms with Crippen LogP contribution in [0.25, 0.3) is 0 Å². The Bertz CT molecular complexity index is 1130. The maximum absolute atomic E-state index is 14.1. The van der Waals surface area contributed by atoms with Crippen molar-refractivity contribution in [3.05, 3.63) is 32.9 Å². The molecule has 4 N–H and O–H groups in total. The fraction of sp³-hybridized carbons (Fsp3) is 0.824. The number of hydrogen-bond donors (Lipinski definition) is 3. The number of unbranched alkanes of at least 4 members (excludes halogenated alkanes) is 16. The maximum atomic E-state index is 14.1. The molecule has 0 spiro atoms. The van der Waals surface area contributed by atoms with Crippen molar-refractivity contribution in [2.45, 2.75) is 173 Å². The SMILES string of the molecule is CCCCCCCCCCCC(=O)OCC1OC(n2cc(F)c(=O)[nH]c2=O)C(N)C(OC(=O)CCCCCCCCCCC)C1O. The third-order valence-corrected chi connectivity index (χ3v) is 8.58. The van der Waals surface area contributed by atoms with Crippen LogP contribution < -0.4 is 17.0 Å². The average molecular weight is 656 g/mol. The number of aliphatic hydroxyl groups excluding tert-OH is 1. The number of aliphatic hydroxyl groups is 1. The van der Waals surface area contributed by atoms with Gasteiger partial charge in [-0.05, 0) is 12.8 Å². The molecule has 0 amide bonds. The molecular weight excluding hydrogens is 597 g/mol. The Balaban J connectivity index is 1.93. The topological polar surface area (TPSA) is 163 Å². The number of rotatable bonds is 24. The van der Waals surface area contributed by atoms with Crippen molar-refractivity contribution in [1.82, 2.24) is 9.55 Å². The number of nitrogens with zero attached hydrogens (tertiary/aromatic N) is 1. The van der Waals surface area contributed by atoms with Crippen LogP contribution in [0.15, 0.2) is 15.8 Å². The van der Waals surface area contributed by atoms with Gasteiger partial charge in [0.15, 0.2) is 6.23 Å². The third kappa shape index (κ3) is 14.5. The number of ether oxygens (including phenoxy) is 3. The molecule has 0 aromatic carbocycles. The third-order valence-electron chi connectivity index (χ3n) is 8.58. The summed E-state index contributed by atoms with van der Waals surface area (Å²) in [4.78, 5) is 51.2. The molecule has 264 valence electrons. The van der Waals surface area contributed by atoms with E-state index in [0.29, 0.717) is 19.0 Å². The van der Waals surface area contributed by atoms with Crippen molar-refractivity contribution < 1.29 is 33.3 Å². The molecular formula is C34H58FN3O8. The molecule has 0 aliphatic carbocycles. The highest BCUT2D eigenvalue weighted by molar-refractivity contribution is 5.70. The monoisotopic (exact) mass is 655 g/mol. The van der Waals surface area contributed by atoms with E-state index in [4.69, 9.17) is 19.9 Å². The van der Waals surface area contributed by atoms with Gasteiger partial charge in [-0.3, -0.25) is 23.9 Å². The van der Waals surface area contributed by atoms with Gasteiger partial charge in [-0.15, -0.1) is 0 Å². The Morgan fingerprint density at radius 3 is 1.85 bits per heavy atom. The van der Waals surface area contributed by atoms with Crippen LogP contribution in [0.5, 0.6) is 0 Å². The lowest BCUT2D eigenvalue weighted by molar-refractivity contribution is -0.226. The normalized spacial score (nSPS) is 21.3. The van der Waals surface area contributed by atoms with Gasteiger partial charge in [-0.1, -0.05) is 117 Å². The Kier molecular flexibility index (Phi) is 19.7. The first kappa shape index (κ1) is 39.6. The highest BCUT2D eigenvalue weighted by Crippen LogP contribution is 2.29. The van der Waals surface area contributed by atoms with Crippen molar-refractivity contribution in [3.63, 3.8) is 0 Å². The van der Waals surface area contributed by atoms with Gasteiger partial charge in [-0.25, -0.2) is 4.79 Å². The number of carbonyl (C=O) groups is 2. The molecule has 1 fully saturated rings. The first-order valence-corrected chi connectivity index (χ1v) is 17.6. The van der Waals surface area contributed by atoms with Crippen LogP contribution >= 0.6 is 0 Å². The van der Waals surface area contributed by atoms with Crippen molar-refractivity contribution in [3.8, 4) is 0 Å². The quantitative estimate of drug-likeness (QED) is 0.0956. The maximum Gasteiger partial charge on any atom is 0.330 e. The minimum absolute atomic E-state index is 0.114. The molecule has 2 heterocycles. The zero-order valence-corrected chi connectivity index (χ0v) is 28.0. The molecule has 0 bridgehead atoms. The van der Waals surface area contributed by atoms with Gasteiger partial charge >= 0.3 is 17.6 Å². The molecule has 5 atom stereocenters. The van der Waals surface area contributed by atoms with Crippen molar-refractivity contribution >= 4 is 11.9 Å². The zero-order chi connectivity index (χ0) is 33.7. The molecule has 0 radical (unpaired) electrons. The predicted molar refractivity (Wildman–Crippen MR) is 174 cm³/mol. The number of carbonyl (C=O) groups excluding carboxylic acids is 2. The molecule has 0 saturated carbocycles. The second-order valence-electron chi connectivity index (χ2n) is 12.6. The van der Waals surface area contributed by atoms with E-state index in [1.165, 1.54) is 64.2 Å². The standard InChI is InChI=1S/C34H58FN3O8/c1-3-5-7-9-11-13-15-17-19-21-27(39)44-24-26-30(41)31(46-28(40)22-20-18-16-14-12-10-8-6-4-2)29(36)33(45-26)38-23-25(35)32(42)37-34(38)43/h23,26,29-31,33,41H,3-22,24,36H2,1-2H3,(H,37,42,43). The minimum atomic E-state index is -1.48.